The van der Waals surface area contributed by atoms with Gasteiger partial charge in [-0.3, -0.25) is 14.6 Å². The van der Waals surface area contributed by atoms with Crippen molar-refractivity contribution in [3.63, 3.8) is 0 Å². The van der Waals surface area contributed by atoms with Gasteiger partial charge in [0.15, 0.2) is 5.82 Å². The summed E-state index contributed by atoms with van der Waals surface area (Å²) >= 11 is 0. The van der Waals surface area contributed by atoms with E-state index in [0.29, 0.717) is 21.2 Å². The van der Waals surface area contributed by atoms with E-state index in [1.165, 1.54) is 12.4 Å². The van der Waals surface area contributed by atoms with Gasteiger partial charge in [0, 0.05) is 18.0 Å². The van der Waals surface area contributed by atoms with E-state index in [-0.39, 0.29) is 11.5 Å². The molecule has 0 saturated carbocycles. The predicted octanol–water partition coefficient (Wildman–Crippen LogP) is 0.704. The number of benzene rings is 1. The molecular weight excluding hydrogens is 298 g/mol. The van der Waals surface area contributed by atoms with E-state index in [9.17, 15) is 14.8 Å². The first-order valence-electron chi connectivity index (χ1n) is 6.71. The molecule has 23 heavy (non-hydrogen) atoms. The molecule has 1 N–H and O–H groups in total. The molecule has 0 spiro atoms. The van der Waals surface area contributed by atoms with Crippen molar-refractivity contribution < 1.29 is 5.21 Å². The molecule has 1 aromatic carbocycles. The highest BCUT2D eigenvalue weighted by atomic mass is 16.5. The largest absolute Gasteiger partial charge is 0.423 e. The zero-order valence-corrected chi connectivity index (χ0v) is 11.6. The molecule has 4 rings (SSSR count). The molecule has 0 radical (unpaired) electrons. The quantitative estimate of drug-likeness (QED) is 0.410. The standard InChI is InChI=1S/C15H9N5O3/c21-14-10-3-1-2-4-11(10)17-13-15(22)20(23)12(18-19(13)14)9-5-7-16-8-6-9/h1-8,23H. The molecular formula is C15H9N5O3. The zero-order chi connectivity index (χ0) is 16.0. The summed E-state index contributed by atoms with van der Waals surface area (Å²) in [5, 5.41) is 14.5. The lowest BCUT2D eigenvalue weighted by Crippen LogP contribution is -2.31. The third kappa shape index (κ3) is 1.89. The lowest BCUT2D eigenvalue weighted by atomic mass is 10.2. The zero-order valence-electron chi connectivity index (χ0n) is 11.6. The van der Waals surface area contributed by atoms with E-state index in [0.717, 1.165) is 4.52 Å². The monoisotopic (exact) mass is 307 g/mol. The van der Waals surface area contributed by atoms with Crippen LogP contribution in [0.5, 0.6) is 0 Å². The van der Waals surface area contributed by atoms with Crippen molar-refractivity contribution in [2.45, 2.75) is 0 Å². The molecule has 8 nitrogen and oxygen atoms in total. The van der Waals surface area contributed by atoms with Crippen LogP contribution in [0.15, 0.2) is 58.4 Å². The number of hydrogen-bond donors (Lipinski definition) is 1. The predicted molar refractivity (Wildman–Crippen MR) is 81.4 cm³/mol. The number of fused-ring (bicyclic) bond motifs is 2. The summed E-state index contributed by atoms with van der Waals surface area (Å²) in [6.07, 6.45) is 2.99. The fourth-order valence-corrected chi connectivity index (χ4v) is 2.36. The molecule has 0 aliphatic carbocycles. The first kappa shape index (κ1) is 13.1. The average Bonchev–Trinajstić information content (AvgIpc) is 2.60. The lowest BCUT2D eigenvalue weighted by molar-refractivity contribution is 0.175. The summed E-state index contributed by atoms with van der Waals surface area (Å²) in [7, 11) is 0. The van der Waals surface area contributed by atoms with Gasteiger partial charge in [0.25, 0.3) is 5.56 Å². The molecule has 0 aliphatic rings. The van der Waals surface area contributed by atoms with Crippen molar-refractivity contribution in [3.8, 4) is 11.4 Å². The Hall–Kier alpha value is -3.55. The molecule has 0 aliphatic heterocycles. The maximum absolute atomic E-state index is 12.6. The highest BCUT2D eigenvalue weighted by molar-refractivity contribution is 5.79. The second kappa shape index (κ2) is 4.73. The molecule has 112 valence electrons. The number of hydrogen-bond acceptors (Lipinski definition) is 6. The minimum atomic E-state index is -0.824. The highest BCUT2D eigenvalue weighted by Gasteiger charge is 2.16. The van der Waals surface area contributed by atoms with Crippen molar-refractivity contribution >= 4 is 16.6 Å². The molecule has 4 aromatic rings. The fourth-order valence-electron chi connectivity index (χ4n) is 2.36. The molecule has 0 unspecified atom stereocenters. The summed E-state index contributed by atoms with van der Waals surface area (Å²) in [5.41, 5.74) is -0.725. The molecule has 3 heterocycles. The van der Waals surface area contributed by atoms with Gasteiger partial charge in [-0.05, 0) is 24.3 Å². The molecule has 0 fully saturated rings. The van der Waals surface area contributed by atoms with E-state index in [1.54, 1.807) is 36.4 Å². The third-order valence-corrected chi connectivity index (χ3v) is 3.47. The van der Waals surface area contributed by atoms with Crippen molar-refractivity contribution in [3.05, 3.63) is 69.5 Å². The Balaban J connectivity index is 2.19. The Morgan fingerprint density at radius 2 is 1.70 bits per heavy atom. The van der Waals surface area contributed by atoms with Crippen molar-refractivity contribution in [2.24, 2.45) is 0 Å². The Morgan fingerprint density at radius 3 is 2.48 bits per heavy atom. The third-order valence-electron chi connectivity index (χ3n) is 3.47. The number of para-hydroxylation sites is 1. The van der Waals surface area contributed by atoms with Gasteiger partial charge in [0.2, 0.25) is 5.65 Å². The van der Waals surface area contributed by atoms with Crippen LogP contribution < -0.4 is 11.1 Å². The van der Waals surface area contributed by atoms with Gasteiger partial charge in [0.05, 0.1) is 10.9 Å². The summed E-state index contributed by atoms with van der Waals surface area (Å²) in [6.45, 7) is 0. The van der Waals surface area contributed by atoms with Gasteiger partial charge in [-0.15, -0.1) is 9.83 Å². The Kier molecular flexibility index (Phi) is 2.70. The number of rotatable bonds is 1. The van der Waals surface area contributed by atoms with Gasteiger partial charge in [-0.25, -0.2) is 4.98 Å². The van der Waals surface area contributed by atoms with Crippen LogP contribution in [-0.4, -0.2) is 29.5 Å². The van der Waals surface area contributed by atoms with E-state index in [4.69, 9.17) is 0 Å². The average molecular weight is 307 g/mol. The Labute approximate surface area is 127 Å². The summed E-state index contributed by atoms with van der Waals surface area (Å²) < 4.78 is 1.29. The number of aromatic nitrogens is 5. The maximum Gasteiger partial charge on any atom is 0.330 e. The van der Waals surface area contributed by atoms with Crippen LogP contribution in [0.2, 0.25) is 0 Å². The Bertz CT molecular complexity index is 1160. The molecule has 0 atom stereocenters. The first-order valence-corrected chi connectivity index (χ1v) is 6.71. The number of nitrogens with zero attached hydrogens (tertiary/aromatic N) is 5. The van der Waals surface area contributed by atoms with E-state index in [2.05, 4.69) is 15.1 Å². The normalized spacial score (nSPS) is 11.1. The lowest BCUT2D eigenvalue weighted by Gasteiger charge is -2.08. The van der Waals surface area contributed by atoms with Gasteiger partial charge in [0.1, 0.15) is 0 Å². The second-order valence-electron chi connectivity index (χ2n) is 4.85. The van der Waals surface area contributed by atoms with E-state index in [1.807, 2.05) is 0 Å². The molecule has 0 saturated heterocycles. The smallest absolute Gasteiger partial charge is 0.330 e. The molecule has 0 bridgehead atoms. The van der Waals surface area contributed by atoms with Crippen LogP contribution in [0.1, 0.15) is 0 Å². The summed E-state index contributed by atoms with van der Waals surface area (Å²) in [6, 6.07) is 9.78. The molecule has 8 heteroatoms. The van der Waals surface area contributed by atoms with Crippen molar-refractivity contribution in [1.82, 2.24) is 24.3 Å². The van der Waals surface area contributed by atoms with Gasteiger partial charge in [-0.1, -0.05) is 12.1 Å². The Morgan fingerprint density at radius 1 is 0.957 bits per heavy atom. The topological polar surface area (TPSA) is 102 Å². The first-order chi connectivity index (χ1) is 11.2. The van der Waals surface area contributed by atoms with Crippen LogP contribution in [0.25, 0.3) is 27.9 Å². The maximum atomic E-state index is 12.6. The van der Waals surface area contributed by atoms with Crippen LogP contribution in [0.3, 0.4) is 0 Å². The molecule has 3 aromatic heterocycles. The fraction of sp³-hybridized carbons (Fsp3) is 0. The number of pyridine rings is 1. The molecule has 0 amide bonds. The van der Waals surface area contributed by atoms with Crippen LogP contribution in [0.4, 0.5) is 0 Å². The summed E-state index contributed by atoms with van der Waals surface area (Å²) in [5.74, 6) is -0.0657. The van der Waals surface area contributed by atoms with Crippen LogP contribution in [-0.2, 0) is 0 Å². The van der Waals surface area contributed by atoms with Crippen LogP contribution in [0, 0.1) is 0 Å². The van der Waals surface area contributed by atoms with Crippen molar-refractivity contribution in [2.75, 3.05) is 0 Å². The summed E-state index contributed by atoms with van der Waals surface area (Å²) in [4.78, 5) is 32.9. The SMILES string of the molecule is O=c1c2nc3ccccc3c(=O)n2nc(-c2ccncc2)n1O. The van der Waals surface area contributed by atoms with E-state index >= 15 is 0 Å². The van der Waals surface area contributed by atoms with Gasteiger partial charge < -0.3 is 5.21 Å². The second-order valence-corrected chi connectivity index (χ2v) is 4.85. The van der Waals surface area contributed by atoms with Crippen LogP contribution >= 0.6 is 0 Å². The van der Waals surface area contributed by atoms with Crippen molar-refractivity contribution in [1.29, 1.82) is 0 Å². The highest BCUT2D eigenvalue weighted by Crippen LogP contribution is 2.13. The van der Waals surface area contributed by atoms with Gasteiger partial charge >= 0.3 is 5.56 Å². The minimum Gasteiger partial charge on any atom is -0.423 e. The van der Waals surface area contributed by atoms with Gasteiger partial charge in [-0.2, -0.15) is 4.52 Å². The minimum absolute atomic E-state index is 0.0657. The van der Waals surface area contributed by atoms with E-state index < -0.39 is 11.1 Å².